The van der Waals surface area contributed by atoms with E-state index in [9.17, 15) is 10.1 Å². The Kier molecular flexibility index (Phi) is 5.43. The van der Waals surface area contributed by atoms with Crippen LogP contribution in [0.25, 0.3) is 0 Å². The van der Waals surface area contributed by atoms with Gasteiger partial charge in [0.25, 0.3) is 0 Å². The summed E-state index contributed by atoms with van der Waals surface area (Å²) in [4.78, 5) is 20.4. The van der Waals surface area contributed by atoms with Gasteiger partial charge in [-0.2, -0.15) is 0 Å². The quantitative estimate of drug-likeness (QED) is 0.588. The van der Waals surface area contributed by atoms with Crippen LogP contribution in [-0.2, 0) is 4.74 Å². The summed E-state index contributed by atoms with van der Waals surface area (Å²) in [5.41, 5.74) is -0.116. The minimum absolute atomic E-state index is 0.0342. The number of methoxy groups -OCH3 is 1. The molecule has 19 heavy (non-hydrogen) atoms. The summed E-state index contributed by atoms with van der Waals surface area (Å²) in [6, 6.07) is -0.0342. The van der Waals surface area contributed by atoms with E-state index < -0.39 is 4.92 Å². The number of nitrogens with one attached hydrogen (secondary N) is 1. The van der Waals surface area contributed by atoms with Crippen molar-refractivity contribution in [2.75, 3.05) is 37.5 Å². The van der Waals surface area contributed by atoms with E-state index in [2.05, 4.69) is 15.3 Å². The lowest BCUT2D eigenvalue weighted by Crippen LogP contribution is -2.34. The third kappa shape index (κ3) is 3.50. The van der Waals surface area contributed by atoms with Crippen LogP contribution < -0.4 is 10.2 Å². The molecular weight excluding hydrogens is 250 g/mol. The number of ether oxygens (including phenoxy) is 1. The molecule has 8 nitrogen and oxygen atoms in total. The Balaban J connectivity index is 3.18. The smallest absolute Gasteiger partial charge is 0.353 e. The zero-order chi connectivity index (χ0) is 14.4. The third-order valence-corrected chi connectivity index (χ3v) is 2.73. The molecular formula is C11H19N5O3. The van der Waals surface area contributed by atoms with Gasteiger partial charge in [0, 0.05) is 20.7 Å². The summed E-state index contributed by atoms with van der Waals surface area (Å²) in [7, 11) is 3.33. The van der Waals surface area contributed by atoms with Crippen LogP contribution in [0.5, 0.6) is 0 Å². The van der Waals surface area contributed by atoms with E-state index >= 15 is 0 Å². The highest BCUT2D eigenvalue weighted by Gasteiger charge is 2.27. The van der Waals surface area contributed by atoms with Crippen molar-refractivity contribution in [3.8, 4) is 0 Å². The molecule has 106 valence electrons. The van der Waals surface area contributed by atoms with Crippen molar-refractivity contribution in [3.63, 3.8) is 0 Å². The molecule has 0 aliphatic heterocycles. The lowest BCUT2D eigenvalue weighted by Gasteiger charge is -2.25. The van der Waals surface area contributed by atoms with E-state index in [1.54, 1.807) is 19.1 Å². The largest absolute Gasteiger partial charge is 0.383 e. The standard InChI is InChI=1S/C11H19N5O3/c1-5-12-10-9(16(17)18)11(14-7-13-10)15(3)8(2)6-19-4/h7-8H,5-6H2,1-4H3,(H,12,13,14). The Hall–Kier alpha value is -1.96. The highest BCUT2D eigenvalue weighted by Crippen LogP contribution is 2.31. The number of anilines is 2. The van der Waals surface area contributed by atoms with Crippen LogP contribution >= 0.6 is 0 Å². The normalized spacial score (nSPS) is 12.0. The predicted octanol–water partition coefficient (Wildman–Crippen LogP) is 1.29. The van der Waals surface area contributed by atoms with Gasteiger partial charge in [0.05, 0.1) is 17.6 Å². The van der Waals surface area contributed by atoms with Gasteiger partial charge in [0.2, 0.25) is 11.6 Å². The van der Waals surface area contributed by atoms with Crippen molar-refractivity contribution in [3.05, 3.63) is 16.4 Å². The van der Waals surface area contributed by atoms with E-state index in [0.717, 1.165) is 0 Å². The molecule has 1 heterocycles. The number of nitrogens with zero attached hydrogens (tertiary/aromatic N) is 4. The molecule has 0 bridgehead atoms. The van der Waals surface area contributed by atoms with Crippen LogP contribution in [0.15, 0.2) is 6.33 Å². The highest BCUT2D eigenvalue weighted by molar-refractivity contribution is 5.70. The monoisotopic (exact) mass is 269 g/mol. The Labute approximate surface area is 112 Å². The van der Waals surface area contributed by atoms with Gasteiger partial charge in [0.1, 0.15) is 6.33 Å². The van der Waals surface area contributed by atoms with Crippen LogP contribution in [0, 0.1) is 10.1 Å². The molecule has 0 radical (unpaired) electrons. The molecule has 1 rings (SSSR count). The van der Waals surface area contributed by atoms with E-state index in [1.807, 2.05) is 13.8 Å². The Morgan fingerprint density at radius 1 is 1.58 bits per heavy atom. The zero-order valence-corrected chi connectivity index (χ0v) is 11.6. The molecule has 0 spiro atoms. The Bertz CT molecular complexity index is 440. The number of aromatic nitrogens is 2. The summed E-state index contributed by atoms with van der Waals surface area (Å²) >= 11 is 0. The minimum atomic E-state index is -0.469. The number of nitro groups is 1. The second kappa shape index (κ2) is 6.83. The molecule has 1 N–H and O–H groups in total. The number of hydrogen-bond donors (Lipinski definition) is 1. The fourth-order valence-electron chi connectivity index (χ4n) is 1.65. The summed E-state index contributed by atoms with van der Waals surface area (Å²) in [6.07, 6.45) is 1.32. The summed E-state index contributed by atoms with van der Waals surface area (Å²) in [5, 5.41) is 14.1. The van der Waals surface area contributed by atoms with E-state index in [4.69, 9.17) is 4.74 Å². The van der Waals surface area contributed by atoms with Crippen molar-refractivity contribution in [1.29, 1.82) is 0 Å². The summed E-state index contributed by atoms with van der Waals surface area (Å²) < 4.78 is 5.05. The summed E-state index contributed by atoms with van der Waals surface area (Å²) in [6.45, 7) is 4.76. The molecule has 8 heteroatoms. The third-order valence-electron chi connectivity index (χ3n) is 2.73. The Morgan fingerprint density at radius 2 is 2.26 bits per heavy atom. The van der Waals surface area contributed by atoms with Crippen molar-refractivity contribution in [2.45, 2.75) is 19.9 Å². The fourth-order valence-corrected chi connectivity index (χ4v) is 1.65. The van der Waals surface area contributed by atoms with Crippen molar-refractivity contribution < 1.29 is 9.66 Å². The molecule has 0 aliphatic rings. The topological polar surface area (TPSA) is 93.4 Å². The maximum absolute atomic E-state index is 11.2. The van der Waals surface area contributed by atoms with Crippen molar-refractivity contribution in [2.24, 2.45) is 0 Å². The SMILES string of the molecule is CCNc1ncnc(N(C)C(C)COC)c1[N+](=O)[O-]. The first kappa shape index (κ1) is 15.1. The van der Waals surface area contributed by atoms with Crippen LogP contribution in [-0.4, -0.2) is 48.2 Å². The van der Waals surface area contributed by atoms with Crippen LogP contribution in [0.4, 0.5) is 17.3 Å². The molecule has 0 aliphatic carbocycles. The van der Waals surface area contributed by atoms with E-state index in [0.29, 0.717) is 13.2 Å². The Morgan fingerprint density at radius 3 is 2.79 bits per heavy atom. The van der Waals surface area contributed by atoms with Gasteiger partial charge in [-0.25, -0.2) is 9.97 Å². The van der Waals surface area contributed by atoms with Gasteiger partial charge in [-0.1, -0.05) is 0 Å². The first-order valence-corrected chi connectivity index (χ1v) is 5.97. The van der Waals surface area contributed by atoms with Gasteiger partial charge in [-0.05, 0) is 13.8 Å². The molecule has 0 aromatic carbocycles. The number of likely N-dealkylation sites (N-methyl/N-ethyl adjacent to an activating group) is 1. The van der Waals surface area contributed by atoms with Crippen LogP contribution in [0.2, 0.25) is 0 Å². The zero-order valence-electron chi connectivity index (χ0n) is 11.6. The molecule has 0 amide bonds. The maximum Gasteiger partial charge on any atom is 0.353 e. The van der Waals surface area contributed by atoms with Crippen molar-refractivity contribution >= 4 is 17.3 Å². The fraction of sp³-hybridized carbons (Fsp3) is 0.636. The summed E-state index contributed by atoms with van der Waals surface area (Å²) in [5.74, 6) is 0.509. The first-order chi connectivity index (χ1) is 9.02. The van der Waals surface area contributed by atoms with Gasteiger partial charge in [-0.15, -0.1) is 0 Å². The van der Waals surface area contributed by atoms with Gasteiger partial charge >= 0.3 is 5.69 Å². The van der Waals surface area contributed by atoms with Gasteiger partial charge in [0.15, 0.2) is 0 Å². The molecule has 0 saturated heterocycles. The van der Waals surface area contributed by atoms with E-state index in [-0.39, 0.29) is 23.4 Å². The molecule has 0 fully saturated rings. The molecule has 0 saturated carbocycles. The highest BCUT2D eigenvalue weighted by atomic mass is 16.6. The lowest BCUT2D eigenvalue weighted by molar-refractivity contribution is -0.383. The second-order valence-corrected chi connectivity index (χ2v) is 4.10. The lowest BCUT2D eigenvalue weighted by atomic mass is 10.3. The first-order valence-electron chi connectivity index (χ1n) is 5.97. The van der Waals surface area contributed by atoms with Crippen LogP contribution in [0.1, 0.15) is 13.8 Å². The minimum Gasteiger partial charge on any atom is -0.383 e. The average molecular weight is 269 g/mol. The maximum atomic E-state index is 11.2. The average Bonchev–Trinajstić information content (AvgIpc) is 2.38. The van der Waals surface area contributed by atoms with Crippen LogP contribution in [0.3, 0.4) is 0 Å². The molecule has 1 aromatic rings. The molecule has 1 aromatic heterocycles. The van der Waals surface area contributed by atoms with Gasteiger partial charge < -0.3 is 15.0 Å². The number of hydrogen-bond acceptors (Lipinski definition) is 7. The molecule has 1 atom stereocenters. The molecule has 1 unspecified atom stereocenters. The van der Waals surface area contributed by atoms with Crippen molar-refractivity contribution in [1.82, 2.24) is 9.97 Å². The predicted molar refractivity (Wildman–Crippen MR) is 72.6 cm³/mol. The van der Waals surface area contributed by atoms with Gasteiger partial charge in [-0.3, -0.25) is 10.1 Å². The second-order valence-electron chi connectivity index (χ2n) is 4.10. The number of rotatable bonds is 7. The van der Waals surface area contributed by atoms with E-state index in [1.165, 1.54) is 6.33 Å².